The van der Waals surface area contributed by atoms with Crippen LogP contribution in [0.25, 0.3) is 0 Å². The van der Waals surface area contributed by atoms with Crippen molar-refractivity contribution in [3.05, 3.63) is 88.0 Å². The van der Waals surface area contributed by atoms with E-state index in [0.717, 1.165) is 36.9 Å². The van der Waals surface area contributed by atoms with Gasteiger partial charge in [-0.25, -0.2) is 0 Å². The van der Waals surface area contributed by atoms with Crippen molar-refractivity contribution in [2.24, 2.45) is 5.92 Å². The first-order chi connectivity index (χ1) is 23.4. The highest BCUT2D eigenvalue weighted by molar-refractivity contribution is 5.43. The first kappa shape index (κ1) is 34.8. The van der Waals surface area contributed by atoms with Crippen LogP contribution in [0.15, 0.2) is 54.6 Å². The molecule has 0 saturated heterocycles. The number of rotatable bonds is 14. The number of nitrogens with one attached hydrogen (secondary N) is 3. The van der Waals surface area contributed by atoms with Gasteiger partial charge in [-0.15, -0.1) is 0 Å². The van der Waals surface area contributed by atoms with Gasteiger partial charge in [0.1, 0.15) is 17.2 Å². The van der Waals surface area contributed by atoms with Crippen molar-refractivity contribution in [2.75, 3.05) is 41.0 Å². The quantitative estimate of drug-likeness (QED) is 0.151. The van der Waals surface area contributed by atoms with E-state index in [1.165, 1.54) is 84.7 Å². The topological polar surface area (TPSA) is 63.8 Å². The molecular weight excluding hydrogens is 594 g/mol. The fourth-order valence-corrected chi connectivity index (χ4v) is 8.68. The lowest BCUT2D eigenvalue weighted by Crippen LogP contribution is -2.33. The van der Waals surface area contributed by atoms with Crippen LogP contribution < -0.4 is 30.2 Å². The van der Waals surface area contributed by atoms with Gasteiger partial charge in [0.25, 0.3) is 0 Å². The van der Waals surface area contributed by atoms with Crippen LogP contribution in [0.5, 0.6) is 17.2 Å². The van der Waals surface area contributed by atoms with Gasteiger partial charge in [0.05, 0.1) is 21.3 Å². The first-order valence-corrected chi connectivity index (χ1v) is 18.6. The average Bonchev–Trinajstić information content (AvgIpc) is 3.12. The summed E-state index contributed by atoms with van der Waals surface area (Å²) in [6.07, 6.45) is 9.85. The molecule has 6 nitrogen and oxygen atoms in total. The first-order valence-electron chi connectivity index (χ1n) is 18.6. The maximum Gasteiger partial charge on any atom is 0.119 e. The van der Waals surface area contributed by atoms with Gasteiger partial charge in [-0.1, -0.05) is 58.2 Å². The summed E-state index contributed by atoms with van der Waals surface area (Å²) in [5, 5.41) is 11.7. The molecule has 0 saturated carbocycles. The van der Waals surface area contributed by atoms with E-state index in [1.54, 1.807) is 21.3 Å². The highest BCUT2D eigenvalue weighted by atomic mass is 16.5. The Balaban J connectivity index is 1.11. The standard InChI is InChI=1S/C42H59N3O3/c1-27-24-43-40(34-16-13-31(46-4)21-37(27)34)10-8-7-9-30(11-19-41-35-17-14-32(47-5)22-38(35)28(2)25-44-41)12-20-42-36-18-15-33(48-6)23-39(36)29(3)26-45-42/h13-18,21-23,27-30,40-45H,7-12,19-20,24-26H2,1-6H3. The van der Waals surface area contributed by atoms with Gasteiger partial charge in [-0.05, 0) is 126 Å². The summed E-state index contributed by atoms with van der Waals surface area (Å²) in [4.78, 5) is 0. The zero-order valence-electron chi connectivity index (χ0n) is 30.2. The second-order valence-corrected chi connectivity index (χ2v) is 14.9. The summed E-state index contributed by atoms with van der Waals surface area (Å²) in [5.74, 6) is 5.13. The van der Waals surface area contributed by atoms with E-state index < -0.39 is 0 Å². The second kappa shape index (κ2) is 16.1. The maximum atomic E-state index is 5.59. The molecule has 3 aliphatic rings. The Morgan fingerprint density at radius 2 is 0.875 bits per heavy atom. The fraction of sp³-hybridized carbons (Fsp3) is 0.571. The van der Waals surface area contributed by atoms with Crippen molar-refractivity contribution in [2.45, 2.75) is 108 Å². The summed E-state index contributed by atoms with van der Waals surface area (Å²) in [5.41, 5.74) is 8.75. The third-order valence-corrected chi connectivity index (χ3v) is 11.7. The molecule has 48 heavy (non-hydrogen) atoms. The molecule has 0 radical (unpaired) electrons. The van der Waals surface area contributed by atoms with Crippen LogP contribution in [-0.2, 0) is 0 Å². The SMILES string of the molecule is COc1ccc2c(c1)C(C)CNC2CCCCC(CCC1NCC(C)c2cc(OC)ccc21)CCC1NCC(C)c2cc(OC)ccc21. The van der Waals surface area contributed by atoms with Gasteiger partial charge < -0.3 is 30.2 Å². The van der Waals surface area contributed by atoms with Crippen LogP contribution in [0, 0.1) is 5.92 Å². The molecule has 0 aliphatic carbocycles. The van der Waals surface area contributed by atoms with E-state index >= 15 is 0 Å². The van der Waals surface area contributed by atoms with E-state index in [1.807, 2.05) is 0 Å². The molecule has 3 aromatic carbocycles. The monoisotopic (exact) mass is 653 g/mol. The van der Waals surface area contributed by atoms with Gasteiger partial charge >= 0.3 is 0 Å². The average molecular weight is 654 g/mol. The molecule has 0 spiro atoms. The number of hydrogen-bond acceptors (Lipinski definition) is 6. The van der Waals surface area contributed by atoms with Crippen LogP contribution in [0.4, 0.5) is 0 Å². The molecule has 0 aromatic heterocycles. The predicted molar refractivity (Wildman–Crippen MR) is 197 cm³/mol. The summed E-state index contributed by atoms with van der Waals surface area (Å²) >= 11 is 0. The Labute approximate surface area is 289 Å². The molecule has 6 rings (SSSR count). The Bertz CT molecular complexity index is 1430. The van der Waals surface area contributed by atoms with Gasteiger partial charge in [-0.3, -0.25) is 0 Å². The van der Waals surface area contributed by atoms with E-state index in [9.17, 15) is 0 Å². The number of benzene rings is 3. The molecular formula is C42H59N3O3. The van der Waals surface area contributed by atoms with Crippen LogP contribution in [0.3, 0.4) is 0 Å². The van der Waals surface area contributed by atoms with Crippen molar-refractivity contribution in [1.82, 2.24) is 16.0 Å². The molecule has 6 unspecified atom stereocenters. The molecule has 6 heteroatoms. The van der Waals surface area contributed by atoms with Crippen molar-refractivity contribution in [3.63, 3.8) is 0 Å². The lowest BCUT2D eigenvalue weighted by Gasteiger charge is -2.34. The molecule has 3 aromatic rings. The van der Waals surface area contributed by atoms with Gasteiger partial charge in [-0.2, -0.15) is 0 Å². The Kier molecular flexibility index (Phi) is 11.7. The van der Waals surface area contributed by atoms with Crippen LogP contribution in [0.1, 0.15) is 141 Å². The minimum atomic E-state index is 0.411. The normalized spacial score (nSPS) is 25.4. The number of fused-ring (bicyclic) bond motifs is 3. The largest absolute Gasteiger partial charge is 0.497 e. The second-order valence-electron chi connectivity index (χ2n) is 14.9. The van der Waals surface area contributed by atoms with E-state index in [4.69, 9.17) is 14.2 Å². The smallest absolute Gasteiger partial charge is 0.119 e. The van der Waals surface area contributed by atoms with Gasteiger partial charge in [0.15, 0.2) is 0 Å². The molecule has 3 N–H and O–H groups in total. The van der Waals surface area contributed by atoms with Crippen molar-refractivity contribution >= 4 is 0 Å². The summed E-state index contributed by atoms with van der Waals surface area (Å²) in [6.45, 7) is 10.1. The Morgan fingerprint density at radius 1 is 0.500 bits per heavy atom. The third-order valence-electron chi connectivity index (χ3n) is 11.7. The molecule has 3 aliphatic heterocycles. The van der Waals surface area contributed by atoms with Crippen LogP contribution >= 0.6 is 0 Å². The van der Waals surface area contributed by atoms with Crippen LogP contribution in [-0.4, -0.2) is 41.0 Å². The molecule has 260 valence electrons. The van der Waals surface area contributed by atoms with Crippen LogP contribution in [0.2, 0.25) is 0 Å². The molecule has 0 amide bonds. The van der Waals surface area contributed by atoms with E-state index in [0.29, 0.717) is 41.8 Å². The number of hydrogen-bond donors (Lipinski definition) is 3. The molecule has 6 atom stereocenters. The number of methoxy groups -OCH3 is 3. The summed E-state index contributed by atoms with van der Waals surface area (Å²) < 4.78 is 16.7. The summed E-state index contributed by atoms with van der Waals surface area (Å²) in [7, 11) is 5.31. The minimum absolute atomic E-state index is 0.411. The molecule has 3 heterocycles. The third kappa shape index (κ3) is 7.87. The van der Waals surface area contributed by atoms with E-state index in [2.05, 4.69) is 91.3 Å². The fourth-order valence-electron chi connectivity index (χ4n) is 8.68. The summed E-state index contributed by atoms with van der Waals surface area (Å²) in [6, 6.07) is 21.4. The van der Waals surface area contributed by atoms with Gasteiger partial charge in [0, 0.05) is 37.8 Å². The highest BCUT2D eigenvalue weighted by Crippen LogP contribution is 2.40. The number of ether oxygens (including phenoxy) is 3. The van der Waals surface area contributed by atoms with Crippen molar-refractivity contribution in [1.29, 1.82) is 0 Å². The van der Waals surface area contributed by atoms with Gasteiger partial charge in [0.2, 0.25) is 0 Å². The van der Waals surface area contributed by atoms with Crippen molar-refractivity contribution in [3.8, 4) is 17.2 Å². The Hall–Kier alpha value is -3.06. The predicted octanol–water partition coefficient (Wildman–Crippen LogP) is 9.09. The zero-order chi connectivity index (χ0) is 33.6. The zero-order valence-corrected chi connectivity index (χ0v) is 30.2. The maximum absolute atomic E-state index is 5.59. The number of unbranched alkanes of at least 4 members (excludes halogenated alkanes) is 1. The Morgan fingerprint density at radius 3 is 1.25 bits per heavy atom. The highest BCUT2D eigenvalue weighted by Gasteiger charge is 2.29. The molecule has 0 bridgehead atoms. The molecule has 0 fully saturated rings. The van der Waals surface area contributed by atoms with E-state index in [-0.39, 0.29) is 0 Å². The van der Waals surface area contributed by atoms with Crippen molar-refractivity contribution < 1.29 is 14.2 Å². The minimum Gasteiger partial charge on any atom is -0.497 e. The lowest BCUT2D eigenvalue weighted by molar-refractivity contribution is 0.316. The lowest BCUT2D eigenvalue weighted by atomic mass is 9.81.